The molecule has 3 heteroatoms. The first-order valence-electron chi connectivity index (χ1n) is 8.92. The van der Waals surface area contributed by atoms with Crippen LogP contribution in [0.25, 0.3) is 0 Å². The summed E-state index contributed by atoms with van der Waals surface area (Å²) in [5.74, 6) is -1.08. The highest BCUT2D eigenvalue weighted by molar-refractivity contribution is 7.95. The first-order chi connectivity index (χ1) is 12.6. The summed E-state index contributed by atoms with van der Waals surface area (Å²) in [4.78, 5) is 11.4. The van der Waals surface area contributed by atoms with Gasteiger partial charge < -0.3 is 5.11 Å². The van der Waals surface area contributed by atoms with Crippen molar-refractivity contribution >= 4 is 29.1 Å². The Kier molecular flexibility index (Phi) is 5.85. The molecule has 0 saturated carbocycles. The van der Waals surface area contributed by atoms with E-state index in [0.29, 0.717) is 6.42 Å². The largest absolute Gasteiger partial charge is 0.481 e. The minimum Gasteiger partial charge on any atom is -0.481 e. The van der Waals surface area contributed by atoms with Gasteiger partial charge in [0.05, 0.1) is 12.1 Å². The van der Waals surface area contributed by atoms with Crippen LogP contribution in [0.5, 0.6) is 0 Å². The number of carboxylic acid groups (broad SMARTS) is 1. The third-order valence-corrected chi connectivity index (χ3v) is 9.38. The lowest BCUT2D eigenvalue weighted by atomic mass is 10.1. The van der Waals surface area contributed by atoms with Crippen molar-refractivity contribution in [3.8, 4) is 0 Å². The van der Waals surface area contributed by atoms with Crippen molar-refractivity contribution < 1.29 is 9.90 Å². The summed E-state index contributed by atoms with van der Waals surface area (Å²) in [5.41, 5.74) is 0. The second-order valence-corrected chi connectivity index (χ2v) is 10.2. The van der Waals surface area contributed by atoms with Crippen LogP contribution in [0.2, 0.25) is 0 Å². The van der Waals surface area contributed by atoms with Crippen molar-refractivity contribution in [2.24, 2.45) is 5.92 Å². The van der Waals surface area contributed by atoms with Crippen LogP contribution in [0.4, 0.5) is 0 Å². The molecule has 1 unspecified atom stereocenters. The summed E-state index contributed by atoms with van der Waals surface area (Å²) < 4.78 is 0. The van der Waals surface area contributed by atoms with Crippen LogP contribution >= 0.6 is 7.26 Å². The molecule has 0 aliphatic heterocycles. The van der Waals surface area contributed by atoms with Gasteiger partial charge in [0.25, 0.3) is 0 Å². The van der Waals surface area contributed by atoms with Crippen LogP contribution < -0.4 is 15.9 Å². The fourth-order valence-corrected chi connectivity index (χ4v) is 7.88. The number of benzene rings is 3. The van der Waals surface area contributed by atoms with Gasteiger partial charge in [-0.25, -0.2) is 0 Å². The summed E-state index contributed by atoms with van der Waals surface area (Å²) >= 11 is 0. The van der Waals surface area contributed by atoms with E-state index in [2.05, 4.69) is 72.8 Å². The maximum absolute atomic E-state index is 11.4. The molecule has 1 atom stereocenters. The molecular weight excluding hydrogens is 339 g/mol. The van der Waals surface area contributed by atoms with Crippen LogP contribution in [0.3, 0.4) is 0 Å². The monoisotopic (exact) mass is 363 g/mol. The maximum Gasteiger partial charge on any atom is 0.306 e. The fourth-order valence-electron chi connectivity index (χ4n) is 3.39. The van der Waals surface area contributed by atoms with Crippen molar-refractivity contribution in [2.75, 3.05) is 6.16 Å². The normalized spacial score (nSPS) is 12.5. The van der Waals surface area contributed by atoms with Gasteiger partial charge in [-0.15, -0.1) is 0 Å². The van der Waals surface area contributed by atoms with Crippen LogP contribution in [-0.2, 0) is 4.79 Å². The first kappa shape index (κ1) is 18.4. The molecule has 3 rings (SSSR count). The third kappa shape index (κ3) is 3.71. The third-order valence-electron chi connectivity index (χ3n) is 4.91. The van der Waals surface area contributed by atoms with Crippen molar-refractivity contribution in [3.05, 3.63) is 91.0 Å². The second kappa shape index (κ2) is 8.29. The van der Waals surface area contributed by atoms with Crippen LogP contribution in [0.15, 0.2) is 91.0 Å². The summed E-state index contributed by atoms with van der Waals surface area (Å²) in [5, 5.41) is 13.3. The van der Waals surface area contributed by atoms with Crippen LogP contribution in [0.1, 0.15) is 13.3 Å². The summed E-state index contributed by atoms with van der Waals surface area (Å²) in [6.45, 7) is 1.80. The van der Waals surface area contributed by atoms with E-state index in [4.69, 9.17) is 0 Å². The molecule has 26 heavy (non-hydrogen) atoms. The van der Waals surface area contributed by atoms with E-state index in [1.807, 2.05) is 18.2 Å². The Morgan fingerprint density at radius 2 is 1.12 bits per heavy atom. The van der Waals surface area contributed by atoms with Crippen molar-refractivity contribution in [1.82, 2.24) is 0 Å². The zero-order chi connectivity index (χ0) is 18.4. The van der Waals surface area contributed by atoms with Gasteiger partial charge in [-0.05, 0) is 42.8 Å². The minimum atomic E-state index is -1.91. The van der Waals surface area contributed by atoms with Crippen molar-refractivity contribution in [3.63, 3.8) is 0 Å². The Hall–Kier alpha value is -2.44. The predicted octanol–water partition coefficient (Wildman–Crippen LogP) is 4.09. The second-order valence-electron chi connectivity index (χ2n) is 6.57. The zero-order valence-electron chi connectivity index (χ0n) is 15.0. The smallest absolute Gasteiger partial charge is 0.306 e. The molecule has 0 spiro atoms. The molecule has 0 amide bonds. The number of carbonyl (C=O) groups is 1. The van der Waals surface area contributed by atoms with Crippen LogP contribution in [-0.4, -0.2) is 17.2 Å². The molecule has 0 heterocycles. The Morgan fingerprint density at radius 1 is 0.769 bits per heavy atom. The molecule has 1 N–H and O–H groups in total. The van der Waals surface area contributed by atoms with E-state index in [0.717, 1.165) is 6.16 Å². The Balaban J connectivity index is 2.19. The van der Waals surface area contributed by atoms with Crippen molar-refractivity contribution in [2.45, 2.75) is 13.3 Å². The number of hydrogen-bond acceptors (Lipinski definition) is 1. The highest BCUT2D eigenvalue weighted by Crippen LogP contribution is 2.56. The van der Waals surface area contributed by atoms with E-state index in [1.54, 1.807) is 6.92 Å². The molecule has 0 aliphatic carbocycles. The summed E-state index contributed by atoms with van der Waals surface area (Å²) in [6, 6.07) is 31.7. The van der Waals surface area contributed by atoms with Crippen LogP contribution in [0, 0.1) is 5.92 Å². The van der Waals surface area contributed by atoms with Gasteiger partial charge >= 0.3 is 5.97 Å². The molecule has 0 bridgehead atoms. The van der Waals surface area contributed by atoms with Gasteiger partial charge in [-0.1, -0.05) is 61.5 Å². The molecule has 2 nitrogen and oxygen atoms in total. The predicted molar refractivity (Wildman–Crippen MR) is 111 cm³/mol. The van der Waals surface area contributed by atoms with Gasteiger partial charge in [-0.3, -0.25) is 4.79 Å². The highest BCUT2D eigenvalue weighted by Gasteiger charge is 2.45. The molecule has 3 aromatic carbocycles. The molecule has 0 fully saturated rings. The molecule has 0 aliphatic rings. The number of aliphatic carboxylic acids is 1. The average Bonchev–Trinajstić information content (AvgIpc) is 2.70. The van der Waals surface area contributed by atoms with Gasteiger partial charge in [0.2, 0.25) is 0 Å². The molecule has 0 saturated heterocycles. The average molecular weight is 363 g/mol. The lowest BCUT2D eigenvalue weighted by Gasteiger charge is -2.28. The van der Waals surface area contributed by atoms with E-state index in [-0.39, 0.29) is 5.92 Å². The Morgan fingerprint density at radius 3 is 1.42 bits per heavy atom. The standard InChI is InChI=1S/C23H23O2P/c1-19(23(24)25)17-18-26(20-11-5-2-6-12-20,21-13-7-3-8-14-21)22-15-9-4-10-16-22/h2-16,19H,17-18H2,1H3/p+1. The molecular formula is C23H24O2P+. The minimum absolute atomic E-state index is 0.356. The Bertz CT molecular complexity index is 735. The van der Waals surface area contributed by atoms with E-state index in [1.165, 1.54) is 15.9 Å². The molecule has 3 aromatic rings. The van der Waals surface area contributed by atoms with E-state index in [9.17, 15) is 9.90 Å². The Labute approximate surface area is 155 Å². The molecule has 132 valence electrons. The molecule has 0 aromatic heterocycles. The number of hydrogen-bond donors (Lipinski definition) is 1. The van der Waals surface area contributed by atoms with E-state index >= 15 is 0 Å². The lowest BCUT2D eigenvalue weighted by molar-refractivity contribution is -0.141. The topological polar surface area (TPSA) is 37.3 Å². The van der Waals surface area contributed by atoms with E-state index < -0.39 is 13.2 Å². The number of rotatable bonds is 7. The van der Waals surface area contributed by atoms with Gasteiger partial charge in [0.1, 0.15) is 23.2 Å². The van der Waals surface area contributed by atoms with Gasteiger partial charge in [0.15, 0.2) is 0 Å². The SMILES string of the molecule is CC(CC[P+](c1ccccc1)(c1ccccc1)c1ccccc1)C(=O)O. The summed E-state index contributed by atoms with van der Waals surface area (Å²) in [7, 11) is -1.91. The van der Waals surface area contributed by atoms with Gasteiger partial charge in [0, 0.05) is 0 Å². The fraction of sp³-hybridized carbons (Fsp3) is 0.174. The quantitative estimate of drug-likeness (QED) is 0.642. The molecule has 0 radical (unpaired) electrons. The lowest BCUT2D eigenvalue weighted by Crippen LogP contribution is -2.34. The number of carboxylic acids is 1. The highest BCUT2D eigenvalue weighted by atomic mass is 31.2. The first-order valence-corrected chi connectivity index (χ1v) is 10.9. The van der Waals surface area contributed by atoms with Gasteiger partial charge in [-0.2, -0.15) is 0 Å². The maximum atomic E-state index is 11.4. The zero-order valence-corrected chi connectivity index (χ0v) is 15.8. The van der Waals surface area contributed by atoms with Crippen molar-refractivity contribution in [1.29, 1.82) is 0 Å². The summed E-state index contributed by atoms with van der Waals surface area (Å²) in [6.07, 6.45) is 1.50.